The third-order valence-electron chi connectivity index (χ3n) is 2.37. The van der Waals surface area contributed by atoms with Crippen molar-refractivity contribution in [2.45, 2.75) is 26.2 Å². The Hall–Kier alpha value is -1.02. The van der Waals surface area contributed by atoms with Gasteiger partial charge in [0, 0.05) is 0 Å². The number of hydrogen-bond acceptors (Lipinski definition) is 2. The molecule has 0 spiro atoms. The van der Waals surface area contributed by atoms with Crippen LogP contribution in [-0.4, -0.2) is 13.7 Å². The Bertz CT molecular complexity index is 294. The van der Waals surface area contributed by atoms with Crippen LogP contribution in [-0.2, 0) is 6.42 Å². The molecule has 2 nitrogen and oxygen atoms in total. The zero-order valence-corrected chi connectivity index (χ0v) is 9.21. The molecule has 0 saturated heterocycles. The van der Waals surface area contributed by atoms with Crippen molar-refractivity contribution >= 4 is 0 Å². The van der Waals surface area contributed by atoms with E-state index in [9.17, 15) is 0 Å². The highest BCUT2D eigenvalue weighted by molar-refractivity contribution is 5.43. The number of hydrogen-bond donors (Lipinski definition) is 1. The van der Waals surface area contributed by atoms with E-state index in [1.165, 1.54) is 11.1 Å². The summed E-state index contributed by atoms with van der Waals surface area (Å²) in [7, 11) is 1.72. The fourth-order valence-electron chi connectivity index (χ4n) is 1.66. The summed E-state index contributed by atoms with van der Waals surface area (Å²) in [6.07, 6.45) is 0.879. The maximum absolute atomic E-state index is 5.55. The van der Waals surface area contributed by atoms with Gasteiger partial charge in [-0.3, -0.25) is 0 Å². The van der Waals surface area contributed by atoms with E-state index < -0.39 is 0 Å². The molecule has 0 aliphatic carbocycles. The highest BCUT2D eigenvalue weighted by atomic mass is 16.5. The van der Waals surface area contributed by atoms with E-state index >= 15 is 0 Å². The van der Waals surface area contributed by atoms with Crippen molar-refractivity contribution in [2.75, 3.05) is 13.7 Å². The van der Waals surface area contributed by atoms with Crippen molar-refractivity contribution < 1.29 is 4.74 Å². The highest BCUT2D eigenvalue weighted by Crippen LogP contribution is 2.29. The van der Waals surface area contributed by atoms with Crippen LogP contribution in [0.5, 0.6) is 5.75 Å². The van der Waals surface area contributed by atoms with Gasteiger partial charge in [0.1, 0.15) is 5.75 Å². The lowest BCUT2D eigenvalue weighted by Crippen LogP contribution is -2.06. The highest BCUT2D eigenvalue weighted by Gasteiger charge is 2.10. The minimum Gasteiger partial charge on any atom is -0.496 e. The largest absolute Gasteiger partial charge is 0.496 e. The van der Waals surface area contributed by atoms with Gasteiger partial charge in [-0.15, -0.1) is 0 Å². The summed E-state index contributed by atoms with van der Waals surface area (Å²) in [5.41, 5.74) is 8.03. The molecule has 0 atom stereocenters. The number of para-hydroxylation sites is 1. The normalized spacial score (nSPS) is 10.6. The Morgan fingerprint density at radius 1 is 1.36 bits per heavy atom. The van der Waals surface area contributed by atoms with E-state index in [0.29, 0.717) is 12.5 Å². The Labute approximate surface area is 86.1 Å². The molecule has 0 fully saturated rings. The van der Waals surface area contributed by atoms with E-state index in [-0.39, 0.29) is 0 Å². The van der Waals surface area contributed by atoms with Crippen LogP contribution < -0.4 is 10.5 Å². The standard InChI is InChI=1S/C12H19NO/c1-9(2)11-6-4-5-10(7-8-13)12(11)14-3/h4-6,9H,7-8,13H2,1-3H3. The van der Waals surface area contributed by atoms with Crippen molar-refractivity contribution in [2.24, 2.45) is 5.73 Å². The molecule has 0 bridgehead atoms. The van der Waals surface area contributed by atoms with Gasteiger partial charge in [-0.25, -0.2) is 0 Å². The van der Waals surface area contributed by atoms with Crippen LogP contribution in [0.25, 0.3) is 0 Å². The molecule has 0 aliphatic rings. The van der Waals surface area contributed by atoms with Crippen LogP contribution in [0.1, 0.15) is 30.9 Å². The summed E-state index contributed by atoms with van der Waals surface area (Å²) in [5, 5.41) is 0. The van der Waals surface area contributed by atoms with Gasteiger partial charge < -0.3 is 10.5 Å². The van der Waals surface area contributed by atoms with Crippen molar-refractivity contribution in [3.63, 3.8) is 0 Å². The van der Waals surface area contributed by atoms with E-state index in [1.54, 1.807) is 7.11 Å². The van der Waals surface area contributed by atoms with Crippen molar-refractivity contribution in [1.29, 1.82) is 0 Å². The second-order valence-electron chi connectivity index (χ2n) is 3.73. The maximum Gasteiger partial charge on any atom is 0.125 e. The van der Waals surface area contributed by atoms with E-state index in [0.717, 1.165) is 12.2 Å². The number of nitrogens with two attached hydrogens (primary N) is 1. The van der Waals surface area contributed by atoms with Gasteiger partial charge in [-0.05, 0) is 30.0 Å². The summed E-state index contributed by atoms with van der Waals surface area (Å²) < 4.78 is 5.43. The van der Waals surface area contributed by atoms with Crippen LogP contribution in [0.3, 0.4) is 0 Å². The van der Waals surface area contributed by atoms with Gasteiger partial charge in [-0.1, -0.05) is 32.0 Å². The van der Waals surface area contributed by atoms with E-state index in [1.807, 2.05) is 0 Å². The van der Waals surface area contributed by atoms with Gasteiger partial charge in [0.2, 0.25) is 0 Å². The van der Waals surface area contributed by atoms with Crippen molar-refractivity contribution in [3.05, 3.63) is 29.3 Å². The molecule has 0 aromatic heterocycles. The topological polar surface area (TPSA) is 35.2 Å². The monoisotopic (exact) mass is 193 g/mol. The molecule has 78 valence electrons. The smallest absolute Gasteiger partial charge is 0.125 e. The van der Waals surface area contributed by atoms with Crippen LogP contribution >= 0.6 is 0 Å². The van der Waals surface area contributed by atoms with Gasteiger partial charge in [0.05, 0.1) is 7.11 Å². The molecular weight excluding hydrogens is 174 g/mol. The molecule has 0 amide bonds. The zero-order valence-electron chi connectivity index (χ0n) is 9.21. The lowest BCUT2D eigenvalue weighted by Gasteiger charge is -2.15. The lowest BCUT2D eigenvalue weighted by atomic mass is 9.98. The molecule has 2 N–H and O–H groups in total. The molecule has 0 saturated carbocycles. The number of rotatable bonds is 4. The Kier molecular flexibility index (Phi) is 3.96. The molecule has 0 radical (unpaired) electrons. The van der Waals surface area contributed by atoms with Crippen LogP contribution in [0.15, 0.2) is 18.2 Å². The molecule has 0 heterocycles. The minimum atomic E-state index is 0.489. The summed E-state index contributed by atoms with van der Waals surface area (Å²) >= 11 is 0. The van der Waals surface area contributed by atoms with Crippen LogP contribution in [0.2, 0.25) is 0 Å². The molecule has 1 aromatic carbocycles. The van der Waals surface area contributed by atoms with Crippen molar-refractivity contribution in [1.82, 2.24) is 0 Å². The zero-order chi connectivity index (χ0) is 10.6. The van der Waals surface area contributed by atoms with Gasteiger partial charge in [0.25, 0.3) is 0 Å². The van der Waals surface area contributed by atoms with E-state index in [4.69, 9.17) is 10.5 Å². The second-order valence-corrected chi connectivity index (χ2v) is 3.73. The maximum atomic E-state index is 5.55. The fraction of sp³-hybridized carbons (Fsp3) is 0.500. The SMILES string of the molecule is COc1c(CCN)cccc1C(C)C. The third-order valence-corrected chi connectivity index (χ3v) is 2.37. The predicted octanol–water partition coefficient (Wildman–Crippen LogP) is 2.32. The summed E-state index contributed by atoms with van der Waals surface area (Å²) in [6.45, 7) is 5.01. The Morgan fingerprint density at radius 3 is 2.57 bits per heavy atom. The molecule has 0 unspecified atom stereocenters. The second kappa shape index (κ2) is 5.01. The minimum absolute atomic E-state index is 0.489. The third kappa shape index (κ3) is 2.26. The van der Waals surface area contributed by atoms with Gasteiger partial charge >= 0.3 is 0 Å². The fourth-order valence-corrected chi connectivity index (χ4v) is 1.66. The first kappa shape index (κ1) is 11.1. The molecule has 2 heteroatoms. The molecule has 1 aromatic rings. The average molecular weight is 193 g/mol. The summed E-state index contributed by atoms with van der Waals surface area (Å²) in [5.74, 6) is 1.50. The molecule has 14 heavy (non-hydrogen) atoms. The van der Waals surface area contributed by atoms with Gasteiger partial charge in [0.15, 0.2) is 0 Å². The first-order valence-corrected chi connectivity index (χ1v) is 5.06. The first-order valence-electron chi connectivity index (χ1n) is 5.06. The van der Waals surface area contributed by atoms with E-state index in [2.05, 4.69) is 32.0 Å². The lowest BCUT2D eigenvalue weighted by molar-refractivity contribution is 0.402. The summed E-state index contributed by atoms with van der Waals surface area (Å²) in [4.78, 5) is 0. The molecular formula is C12H19NO. The average Bonchev–Trinajstić information content (AvgIpc) is 2.18. The Balaban J connectivity index is 3.11. The Morgan fingerprint density at radius 2 is 2.07 bits per heavy atom. The van der Waals surface area contributed by atoms with Crippen LogP contribution in [0, 0.1) is 0 Å². The summed E-state index contributed by atoms with van der Waals surface area (Å²) in [6, 6.07) is 6.27. The number of ether oxygens (including phenoxy) is 1. The number of methoxy groups -OCH3 is 1. The quantitative estimate of drug-likeness (QED) is 0.796. The molecule has 1 rings (SSSR count). The molecule has 0 aliphatic heterocycles. The predicted molar refractivity (Wildman–Crippen MR) is 59.8 cm³/mol. The van der Waals surface area contributed by atoms with Crippen LogP contribution in [0.4, 0.5) is 0 Å². The van der Waals surface area contributed by atoms with Crippen molar-refractivity contribution in [3.8, 4) is 5.75 Å². The number of benzene rings is 1. The first-order chi connectivity index (χ1) is 6.70. The van der Waals surface area contributed by atoms with Gasteiger partial charge in [-0.2, -0.15) is 0 Å².